The number of aryl methyl sites for hydroxylation is 1. The molecule has 2 nitrogen and oxygen atoms in total. The van der Waals surface area contributed by atoms with Crippen LogP contribution in [-0.4, -0.2) is 11.0 Å². The van der Waals surface area contributed by atoms with Crippen molar-refractivity contribution in [3.63, 3.8) is 0 Å². The van der Waals surface area contributed by atoms with Gasteiger partial charge in [0.05, 0.1) is 11.9 Å². The molecule has 0 saturated heterocycles. The number of anilines is 1. The highest BCUT2D eigenvalue weighted by Gasteiger charge is 2.06. The van der Waals surface area contributed by atoms with Gasteiger partial charge in [-0.1, -0.05) is 23.7 Å². The molecule has 1 N–H and O–H groups in total. The average molecular weight is 279 g/mol. The van der Waals surface area contributed by atoms with Gasteiger partial charge in [-0.05, 0) is 49.6 Å². The SMILES string of the molecule is Cc1cc(NC(C)Cc2cccc(F)c2)cnc1Cl. The van der Waals surface area contributed by atoms with Crippen molar-refractivity contribution in [3.8, 4) is 0 Å². The number of pyridine rings is 1. The van der Waals surface area contributed by atoms with Crippen LogP contribution in [0.3, 0.4) is 0 Å². The average Bonchev–Trinajstić information content (AvgIpc) is 2.34. The molecule has 0 aliphatic carbocycles. The molecular weight excluding hydrogens is 263 g/mol. The van der Waals surface area contributed by atoms with Crippen LogP contribution in [0.5, 0.6) is 0 Å². The fourth-order valence-electron chi connectivity index (χ4n) is 1.99. The van der Waals surface area contributed by atoms with Crippen molar-refractivity contribution in [2.45, 2.75) is 26.3 Å². The summed E-state index contributed by atoms with van der Waals surface area (Å²) in [5.41, 5.74) is 2.83. The van der Waals surface area contributed by atoms with Gasteiger partial charge in [0.1, 0.15) is 11.0 Å². The number of benzene rings is 1. The lowest BCUT2D eigenvalue weighted by Gasteiger charge is -2.15. The second-order valence-electron chi connectivity index (χ2n) is 4.71. The molecule has 0 fully saturated rings. The molecule has 0 aliphatic heterocycles. The van der Waals surface area contributed by atoms with E-state index in [1.54, 1.807) is 18.3 Å². The van der Waals surface area contributed by atoms with Crippen molar-refractivity contribution in [1.82, 2.24) is 4.98 Å². The summed E-state index contributed by atoms with van der Waals surface area (Å²) in [6.07, 6.45) is 2.46. The van der Waals surface area contributed by atoms with E-state index in [-0.39, 0.29) is 11.9 Å². The molecule has 0 amide bonds. The van der Waals surface area contributed by atoms with Crippen LogP contribution in [0.1, 0.15) is 18.1 Å². The van der Waals surface area contributed by atoms with E-state index in [0.29, 0.717) is 5.15 Å². The molecular formula is C15H16ClFN2. The highest BCUT2D eigenvalue weighted by atomic mass is 35.5. The molecule has 1 aromatic carbocycles. The van der Waals surface area contributed by atoms with Crippen LogP contribution in [-0.2, 0) is 6.42 Å². The highest BCUT2D eigenvalue weighted by molar-refractivity contribution is 6.30. The summed E-state index contributed by atoms with van der Waals surface area (Å²) >= 11 is 5.88. The van der Waals surface area contributed by atoms with Crippen molar-refractivity contribution in [2.24, 2.45) is 0 Å². The molecule has 2 aromatic rings. The van der Waals surface area contributed by atoms with Gasteiger partial charge in [0.15, 0.2) is 0 Å². The first-order valence-electron chi connectivity index (χ1n) is 6.17. The van der Waals surface area contributed by atoms with Crippen LogP contribution >= 0.6 is 11.6 Å². The lowest BCUT2D eigenvalue weighted by molar-refractivity contribution is 0.624. The maximum Gasteiger partial charge on any atom is 0.132 e. The Morgan fingerprint density at radius 2 is 2.16 bits per heavy atom. The quantitative estimate of drug-likeness (QED) is 0.847. The van der Waals surface area contributed by atoms with Crippen molar-refractivity contribution in [3.05, 3.63) is 58.6 Å². The van der Waals surface area contributed by atoms with E-state index in [4.69, 9.17) is 11.6 Å². The molecule has 0 saturated carbocycles. The molecule has 1 atom stereocenters. The van der Waals surface area contributed by atoms with E-state index in [1.165, 1.54) is 6.07 Å². The number of halogens is 2. The number of nitrogens with one attached hydrogen (secondary N) is 1. The lowest BCUT2D eigenvalue weighted by atomic mass is 10.1. The predicted molar refractivity (Wildman–Crippen MR) is 77.2 cm³/mol. The number of aromatic nitrogens is 1. The van der Waals surface area contributed by atoms with Crippen molar-refractivity contribution >= 4 is 17.3 Å². The summed E-state index contributed by atoms with van der Waals surface area (Å²) in [6, 6.07) is 8.80. The van der Waals surface area contributed by atoms with Crippen molar-refractivity contribution in [1.29, 1.82) is 0 Å². The van der Waals surface area contributed by atoms with E-state index < -0.39 is 0 Å². The normalized spacial score (nSPS) is 12.2. The van der Waals surface area contributed by atoms with Gasteiger partial charge in [0.25, 0.3) is 0 Å². The van der Waals surface area contributed by atoms with E-state index in [2.05, 4.69) is 17.2 Å². The second kappa shape index (κ2) is 6.02. The van der Waals surface area contributed by atoms with Crippen LogP contribution in [0.15, 0.2) is 36.5 Å². The zero-order valence-corrected chi connectivity index (χ0v) is 11.7. The Bertz CT molecular complexity index is 572. The first-order valence-corrected chi connectivity index (χ1v) is 6.55. The molecule has 1 aromatic heterocycles. The van der Waals surface area contributed by atoms with Crippen LogP contribution in [0, 0.1) is 12.7 Å². The molecule has 1 unspecified atom stereocenters. The van der Waals surface area contributed by atoms with Gasteiger partial charge in [-0.15, -0.1) is 0 Å². The maximum atomic E-state index is 13.1. The summed E-state index contributed by atoms with van der Waals surface area (Å²) in [7, 11) is 0. The predicted octanol–water partition coefficient (Wildman–Crippen LogP) is 4.23. The minimum atomic E-state index is -0.200. The molecule has 0 bridgehead atoms. The molecule has 1 heterocycles. The van der Waals surface area contributed by atoms with Crippen molar-refractivity contribution in [2.75, 3.05) is 5.32 Å². The minimum Gasteiger partial charge on any atom is -0.381 e. The van der Waals surface area contributed by atoms with Gasteiger partial charge in [0.2, 0.25) is 0 Å². The molecule has 0 radical (unpaired) electrons. The van der Waals surface area contributed by atoms with Crippen LogP contribution in [0.25, 0.3) is 0 Å². The Labute approximate surface area is 117 Å². The van der Waals surface area contributed by atoms with Gasteiger partial charge in [-0.3, -0.25) is 0 Å². The molecule has 19 heavy (non-hydrogen) atoms. The number of nitrogens with zero attached hydrogens (tertiary/aromatic N) is 1. The van der Waals surface area contributed by atoms with Crippen LogP contribution in [0.2, 0.25) is 5.15 Å². The van der Waals surface area contributed by atoms with Crippen LogP contribution < -0.4 is 5.32 Å². The topological polar surface area (TPSA) is 24.9 Å². The Morgan fingerprint density at radius 1 is 1.37 bits per heavy atom. The summed E-state index contributed by atoms with van der Waals surface area (Å²) in [4.78, 5) is 4.10. The first kappa shape index (κ1) is 13.8. The van der Waals surface area contributed by atoms with Gasteiger partial charge in [-0.25, -0.2) is 9.37 Å². The second-order valence-corrected chi connectivity index (χ2v) is 5.07. The Hall–Kier alpha value is -1.61. The number of hydrogen-bond acceptors (Lipinski definition) is 2. The van der Waals surface area contributed by atoms with E-state index >= 15 is 0 Å². The van der Waals surface area contributed by atoms with Crippen LogP contribution in [0.4, 0.5) is 10.1 Å². The fourth-order valence-corrected chi connectivity index (χ4v) is 2.09. The number of rotatable bonds is 4. The third-order valence-electron chi connectivity index (χ3n) is 2.86. The summed E-state index contributed by atoms with van der Waals surface area (Å²) in [5.74, 6) is -0.200. The first-order chi connectivity index (χ1) is 9.04. The zero-order chi connectivity index (χ0) is 13.8. The molecule has 4 heteroatoms. The maximum absolute atomic E-state index is 13.1. The smallest absolute Gasteiger partial charge is 0.132 e. The fraction of sp³-hybridized carbons (Fsp3) is 0.267. The van der Waals surface area contributed by atoms with E-state index in [0.717, 1.165) is 23.2 Å². The largest absolute Gasteiger partial charge is 0.381 e. The molecule has 0 aliphatic rings. The highest BCUT2D eigenvalue weighted by Crippen LogP contribution is 2.17. The van der Waals surface area contributed by atoms with E-state index in [1.807, 2.05) is 19.1 Å². The molecule has 2 rings (SSSR count). The van der Waals surface area contributed by atoms with Gasteiger partial charge in [0, 0.05) is 6.04 Å². The Kier molecular flexibility index (Phi) is 4.38. The van der Waals surface area contributed by atoms with Gasteiger partial charge in [-0.2, -0.15) is 0 Å². The summed E-state index contributed by atoms with van der Waals surface area (Å²) < 4.78 is 13.1. The minimum absolute atomic E-state index is 0.184. The molecule has 100 valence electrons. The van der Waals surface area contributed by atoms with E-state index in [9.17, 15) is 4.39 Å². The zero-order valence-electron chi connectivity index (χ0n) is 11.0. The Balaban J connectivity index is 2.01. The summed E-state index contributed by atoms with van der Waals surface area (Å²) in [6.45, 7) is 3.96. The van der Waals surface area contributed by atoms with Gasteiger partial charge < -0.3 is 5.32 Å². The summed E-state index contributed by atoms with van der Waals surface area (Å²) in [5, 5.41) is 3.85. The lowest BCUT2D eigenvalue weighted by Crippen LogP contribution is -2.18. The third kappa shape index (κ3) is 3.93. The number of hydrogen-bond donors (Lipinski definition) is 1. The molecule has 0 spiro atoms. The monoisotopic (exact) mass is 278 g/mol. The third-order valence-corrected chi connectivity index (χ3v) is 3.25. The standard InChI is InChI=1S/C15H16ClFN2/c1-10-6-14(9-18-15(10)16)19-11(2)7-12-4-3-5-13(17)8-12/h3-6,8-9,11,19H,7H2,1-2H3. The van der Waals surface area contributed by atoms with Gasteiger partial charge >= 0.3 is 0 Å². The Morgan fingerprint density at radius 3 is 2.84 bits per heavy atom. The van der Waals surface area contributed by atoms with Crippen molar-refractivity contribution < 1.29 is 4.39 Å².